The van der Waals surface area contributed by atoms with Crippen molar-refractivity contribution >= 4 is 11.7 Å². The molecule has 0 aliphatic rings. The lowest BCUT2D eigenvalue weighted by molar-refractivity contribution is 0.0763. The number of hydrogen-bond donors (Lipinski definition) is 2. The molecular weight excluding hydrogens is 265 g/mol. The molecule has 110 valence electrons. The number of nitrogens with two attached hydrogens (primary N) is 1. The maximum atomic E-state index is 13.8. The molecule has 6 nitrogen and oxygen atoms in total. The molecule has 0 aromatic heterocycles. The number of methoxy groups -OCH3 is 1. The predicted molar refractivity (Wildman–Crippen MR) is 72.6 cm³/mol. The SMILES string of the molecule is CCN(CC/C(N)=N/O)C(=O)c1ccc(OC)cc1F. The van der Waals surface area contributed by atoms with Crippen LogP contribution in [0.1, 0.15) is 23.7 Å². The van der Waals surface area contributed by atoms with Crippen LogP contribution in [0.15, 0.2) is 23.4 Å². The van der Waals surface area contributed by atoms with Crippen LogP contribution in [-0.2, 0) is 0 Å². The Morgan fingerprint density at radius 3 is 2.75 bits per heavy atom. The normalized spacial score (nSPS) is 11.2. The molecular formula is C13H18FN3O3. The molecule has 0 aliphatic heterocycles. The van der Waals surface area contributed by atoms with Gasteiger partial charge in [0, 0.05) is 25.6 Å². The Labute approximate surface area is 116 Å². The third-order valence-electron chi connectivity index (χ3n) is 2.84. The molecule has 0 aliphatic carbocycles. The van der Waals surface area contributed by atoms with Crippen molar-refractivity contribution in [2.75, 3.05) is 20.2 Å². The van der Waals surface area contributed by atoms with Crippen LogP contribution >= 0.6 is 0 Å². The summed E-state index contributed by atoms with van der Waals surface area (Å²) in [6.07, 6.45) is 0.216. The van der Waals surface area contributed by atoms with Crippen LogP contribution in [0.25, 0.3) is 0 Å². The third-order valence-corrected chi connectivity index (χ3v) is 2.84. The summed E-state index contributed by atoms with van der Waals surface area (Å²) in [7, 11) is 1.42. The number of oxime groups is 1. The van der Waals surface area contributed by atoms with Crippen LogP contribution in [0.3, 0.4) is 0 Å². The van der Waals surface area contributed by atoms with Gasteiger partial charge in [-0.2, -0.15) is 0 Å². The zero-order chi connectivity index (χ0) is 15.1. The van der Waals surface area contributed by atoms with Crippen LogP contribution in [0.5, 0.6) is 5.75 Å². The van der Waals surface area contributed by atoms with Crippen molar-refractivity contribution in [3.05, 3.63) is 29.6 Å². The second kappa shape index (κ2) is 7.32. The lowest BCUT2D eigenvalue weighted by Gasteiger charge is -2.21. The van der Waals surface area contributed by atoms with Crippen LogP contribution in [0, 0.1) is 5.82 Å². The van der Waals surface area contributed by atoms with E-state index in [0.717, 1.165) is 6.07 Å². The van der Waals surface area contributed by atoms with Crippen molar-refractivity contribution in [2.45, 2.75) is 13.3 Å². The average Bonchev–Trinajstić information content (AvgIpc) is 2.46. The fraction of sp³-hybridized carbons (Fsp3) is 0.385. The van der Waals surface area contributed by atoms with E-state index < -0.39 is 11.7 Å². The number of amides is 1. The van der Waals surface area contributed by atoms with E-state index in [1.165, 1.54) is 24.1 Å². The van der Waals surface area contributed by atoms with Gasteiger partial charge in [-0.1, -0.05) is 5.16 Å². The molecule has 1 amide bonds. The van der Waals surface area contributed by atoms with Crippen LogP contribution in [-0.4, -0.2) is 42.0 Å². The Bertz CT molecular complexity index is 506. The molecule has 0 saturated heterocycles. The monoisotopic (exact) mass is 283 g/mol. The Morgan fingerprint density at radius 1 is 1.55 bits per heavy atom. The first kappa shape index (κ1) is 15.7. The van der Waals surface area contributed by atoms with E-state index in [2.05, 4.69) is 5.16 Å². The minimum atomic E-state index is -0.642. The van der Waals surface area contributed by atoms with Crippen molar-refractivity contribution in [3.8, 4) is 5.75 Å². The highest BCUT2D eigenvalue weighted by Gasteiger charge is 2.18. The summed E-state index contributed by atoms with van der Waals surface area (Å²) < 4.78 is 18.7. The first-order valence-electron chi connectivity index (χ1n) is 6.12. The molecule has 7 heteroatoms. The number of halogens is 1. The van der Waals surface area contributed by atoms with Crippen molar-refractivity contribution in [2.24, 2.45) is 10.9 Å². The van der Waals surface area contributed by atoms with Crippen LogP contribution in [0.4, 0.5) is 4.39 Å². The number of benzene rings is 1. The van der Waals surface area contributed by atoms with E-state index in [1.54, 1.807) is 6.92 Å². The highest BCUT2D eigenvalue weighted by Crippen LogP contribution is 2.17. The Balaban J connectivity index is 2.85. The molecule has 20 heavy (non-hydrogen) atoms. The van der Waals surface area contributed by atoms with Gasteiger partial charge in [0.25, 0.3) is 5.91 Å². The van der Waals surface area contributed by atoms with E-state index in [1.807, 2.05) is 0 Å². The molecule has 0 bridgehead atoms. The maximum Gasteiger partial charge on any atom is 0.256 e. The number of ether oxygens (including phenoxy) is 1. The molecule has 3 N–H and O–H groups in total. The number of carbonyl (C=O) groups is 1. The fourth-order valence-corrected chi connectivity index (χ4v) is 1.67. The summed E-state index contributed by atoms with van der Waals surface area (Å²) in [6.45, 7) is 2.41. The van der Waals surface area contributed by atoms with Gasteiger partial charge in [0.1, 0.15) is 17.4 Å². The quantitative estimate of drug-likeness (QED) is 0.358. The molecule has 1 aromatic carbocycles. The minimum absolute atomic E-state index is 0.0199. The lowest BCUT2D eigenvalue weighted by atomic mass is 10.1. The zero-order valence-corrected chi connectivity index (χ0v) is 11.5. The smallest absolute Gasteiger partial charge is 0.256 e. The van der Waals surface area contributed by atoms with Gasteiger partial charge in [-0.3, -0.25) is 4.79 Å². The largest absolute Gasteiger partial charge is 0.497 e. The third kappa shape index (κ3) is 3.84. The van der Waals surface area contributed by atoms with Gasteiger partial charge in [-0.05, 0) is 19.1 Å². The number of hydrogen-bond acceptors (Lipinski definition) is 4. The number of nitrogens with zero attached hydrogens (tertiary/aromatic N) is 2. The second-order valence-corrected chi connectivity index (χ2v) is 4.07. The van der Waals surface area contributed by atoms with Crippen LogP contribution in [0.2, 0.25) is 0 Å². The molecule has 0 fully saturated rings. The number of rotatable bonds is 6. The predicted octanol–water partition coefficient (Wildman–Crippen LogP) is 1.43. The highest BCUT2D eigenvalue weighted by molar-refractivity contribution is 5.95. The van der Waals surface area contributed by atoms with Crippen molar-refractivity contribution in [3.63, 3.8) is 0 Å². The first-order valence-corrected chi connectivity index (χ1v) is 6.12. The van der Waals surface area contributed by atoms with Crippen molar-refractivity contribution < 1.29 is 19.1 Å². The fourth-order valence-electron chi connectivity index (χ4n) is 1.67. The number of amidine groups is 1. The van der Waals surface area contributed by atoms with Crippen molar-refractivity contribution in [1.82, 2.24) is 4.90 Å². The van der Waals surface area contributed by atoms with Gasteiger partial charge in [0.2, 0.25) is 0 Å². The van der Waals surface area contributed by atoms with Gasteiger partial charge in [0.15, 0.2) is 0 Å². The summed E-state index contributed by atoms with van der Waals surface area (Å²) in [4.78, 5) is 13.6. The topological polar surface area (TPSA) is 88.1 Å². The van der Waals surface area contributed by atoms with Gasteiger partial charge in [0.05, 0.1) is 12.7 Å². The molecule has 0 radical (unpaired) electrons. The zero-order valence-electron chi connectivity index (χ0n) is 11.5. The second-order valence-electron chi connectivity index (χ2n) is 4.07. The van der Waals surface area contributed by atoms with E-state index in [-0.39, 0.29) is 24.4 Å². The Hall–Kier alpha value is -2.31. The summed E-state index contributed by atoms with van der Waals surface area (Å²) in [5, 5.41) is 11.3. The summed E-state index contributed by atoms with van der Waals surface area (Å²) >= 11 is 0. The molecule has 0 spiro atoms. The van der Waals surface area contributed by atoms with Gasteiger partial charge in [-0.25, -0.2) is 4.39 Å². The first-order chi connectivity index (χ1) is 9.53. The molecule has 0 saturated carbocycles. The van der Waals surface area contributed by atoms with E-state index in [0.29, 0.717) is 12.3 Å². The Morgan fingerprint density at radius 2 is 2.25 bits per heavy atom. The van der Waals surface area contributed by atoms with E-state index in [4.69, 9.17) is 15.7 Å². The summed E-state index contributed by atoms with van der Waals surface area (Å²) in [6, 6.07) is 4.06. The molecule has 1 aromatic rings. The standard InChI is InChI=1S/C13H18FN3O3/c1-3-17(7-6-12(15)16-19)13(18)10-5-4-9(20-2)8-11(10)14/h4-5,8,19H,3,6-7H2,1-2H3,(H2,15,16). The number of carbonyl (C=O) groups excluding carboxylic acids is 1. The summed E-state index contributed by atoms with van der Waals surface area (Å²) in [5.74, 6) is -0.722. The van der Waals surface area contributed by atoms with Gasteiger partial charge >= 0.3 is 0 Å². The molecule has 0 unspecified atom stereocenters. The van der Waals surface area contributed by atoms with Gasteiger partial charge < -0.3 is 20.6 Å². The van der Waals surface area contributed by atoms with Crippen LogP contribution < -0.4 is 10.5 Å². The maximum absolute atomic E-state index is 13.8. The molecule has 0 atom stereocenters. The molecule has 1 rings (SSSR count). The van der Waals surface area contributed by atoms with E-state index >= 15 is 0 Å². The van der Waals surface area contributed by atoms with Gasteiger partial charge in [-0.15, -0.1) is 0 Å². The van der Waals surface area contributed by atoms with Crippen molar-refractivity contribution in [1.29, 1.82) is 0 Å². The summed E-state index contributed by atoms with van der Waals surface area (Å²) in [5.41, 5.74) is 5.32. The molecule has 0 heterocycles. The highest BCUT2D eigenvalue weighted by atomic mass is 19.1. The Kier molecular flexibility index (Phi) is 5.76. The minimum Gasteiger partial charge on any atom is -0.497 e. The lowest BCUT2D eigenvalue weighted by Crippen LogP contribution is -2.34. The average molecular weight is 283 g/mol. The van der Waals surface area contributed by atoms with E-state index in [9.17, 15) is 9.18 Å².